The molecule has 0 saturated carbocycles. The van der Waals surface area contributed by atoms with Crippen LogP contribution in [0.25, 0.3) is 0 Å². The Balaban J connectivity index is 2.39. The molecular weight excluding hydrogens is 395 g/mol. The van der Waals surface area contributed by atoms with E-state index >= 15 is 4.39 Å². The molecule has 2 rings (SSSR count). The molecule has 1 aromatic rings. The summed E-state index contributed by atoms with van der Waals surface area (Å²) in [5, 5.41) is 14.9. The normalized spacial score (nSPS) is 15.5. The van der Waals surface area contributed by atoms with Crippen molar-refractivity contribution in [3.8, 4) is 0 Å². The number of rotatable bonds is 11. The van der Waals surface area contributed by atoms with Crippen molar-refractivity contribution in [3.05, 3.63) is 39.6 Å². The lowest BCUT2D eigenvalue weighted by molar-refractivity contribution is -0.0181. The maximum atomic E-state index is 15.3. The zero-order valence-corrected chi connectivity index (χ0v) is 16.3. The Morgan fingerprint density at radius 2 is 2.14 bits per heavy atom. The molecule has 11 heteroatoms. The van der Waals surface area contributed by atoms with E-state index in [9.17, 15) is 8.78 Å². The van der Waals surface area contributed by atoms with Crippen LogP contribution in [0.1, 0.15) is 11.4 Å². The molecule has 7 nitrogen and oxygen atoms in total. The van der Waals surface area contributed by atoms with Crippen LogP contribution >= 0.6 is 11.3 Å². The molecule has 0 amide bonds. The van der Waals surface area contributed by atoms with E-state index in [1.54, 1.807) is 11.6 Å². The van der Waals surface area contributed by atoms with E-state index < -0.39 is 12.2 Å². The summed E-state index contributed by atoms with van der Waals surface area (Å²) in [6.45, 7) is -3.14. The molecule has 0 aromatic carbocycles. The van der Waals surface area contributed by atoms with Gasteiger partial charge in [0, 0.05) is 61.5 Å². The van der Waals surface area contributed by atoms with Gasteiger partial charge < -0.3 is 25.5 Å². The molecule has 28 heavy (non-hydrogen) atoms. The van der Waals surface area contributed by atoms with Crippen LogP contribution in [-0.2, 0) is 9.47 Å². The van der Waals surface area contributed by atoms with E-state index in [4.69, 9.17) is 14.9 Å². The van der Waals surface area contributed by atoms with Crippen LogP contribution in [0.3, 0.4) is 0 Å². The predicted octanol–water partition coefficient (Wildman–Crippen LogP) is 2.48. The zero-order chi connectivity index (χ0) is 20.6. The highest BCUT2D eigenvalue weighted by atomic mass is 32.1. The summed E-state index contributed by atoms with van der Waals surface area (Å²) in [5.74, 6) is 0.456. The monoisotopic (exact) mass is 417 g/mol. The minimum absolute atomic E-state index is 0.0828. The number of thiazole rings is 1. The van der Waals surface area contributed by atoms with Gasteiger partial charge in [0.15, 0.2) is 16.5 Å². The Bertz CT molecular complexity index is 744. The lowest BCUT2D eigenvalue weighted by Gasteiger charge is -2.29. The number of hydrogen-bond acceptors (Lipinski definition) is 8. The third kappa shape index (κ3) is 5.88. The molecule has 0 radical (unpaired) electrons. The third-order valence-corrected chi connectivity index (χ3v) is 4.61. The summed E-state index contributed by atoms with van der Waals surface area (Å²) in [6.07, 6.45) is 3.41. The van der Waals surface area contributed by atoms with Gasteiger partial charge in [-0.1, -0.05) is 0 Å². The van der Waals surface area contributed by atoms with Crippen molar-refractivity contribution in [3.63, 3.8) is 0 Å². The standard InChI is InChI=1S/C17H22F3N5O2S/c1-26-9-17(20,10-27-2)5-13-12(11(6-21)7-24-16(18)19)8-23-14(25-13)15-22-3-4-28-15/h3-4,6-7,16,21,24H,5,8-10H2,1-2H3,(H,23,25)/b11-7+,21-6?. The second kappa shape index (κ2) is 10.3. The Morgan fingerprint density at radius 3 is 2.68 bits per heavy atom. The average molecular weight is 417 g/mol. The summed E-state index contributed by atoms with van der Waals surface area (Å²) < 4.78 is 50.3. The number of aliphatic imine (C=N–C) groups is 1. The first-order chi connectivity index (χ1) is 13.4. The molecule has 0 aliphatic carbocycles. The van der Waals surface area contributed by atoms with Crippen LogP contribution < -0.4 is 10.6 Å². The lowest BCUT2D eigenvalue weighted by Crippen LogP contribution is -2.40. The van der Waals surface area contributed by atoms with Crippen molar-refractivity contribution in [2.75, 3.05) is 34.0 Å². The first-order valence-electron chi connectivity index (χ1n) is 8.28. The number of alkyl halides is 3. The Hall–Kier alpha value is -2.24. The largest absolute Gasteiger partial charge is 0.381 e. The molecule has 2 heterocycles. The van der Waals surface area contributed by atoms with Crippen LogP contribution in [0.15, 0.2) is 39.6 Å². The minimum Gasteiger partial charge on any atom is -0.381 e. The van der Waals surface area contributed by atoms with Gasteiger partial charge in [0.05, 0.1) is 19.8 Å². The van der Waals surface area contributed by atoms with Gasteiger partial charge in [-0.25, -0.2) is 9.37 Å². The molecule has 0 unspecified atom stereocenters. The number of hydrogen-bond donors (Lipinski definition) is 3. The van der Waals surface area contributed by atoms with Crippen molar-refractivity contribution in [1.82, 2.24) is 15.6 Å². The number of amidine groups is 1. The van der Waals surface area contributed by atoms with Crippen LogP contribution in [0.2, 0.25) is 0 Å². The molecule has 0 fully saturated rings. The summed E-state index contributed by atoms with van der Waals surface area (Å²) in [4.78, 5) is 8.55. The number of ether oxygens (including phenoxy) is 2. The summed E-state index contributed by atoms with van der Waals surface area (Å²) >= 11 is 1.36. The predicted molar refractivity (Wildman–Crippen MR) is 102 cm³/mol. The number of aromatic nitrogens is 1. The second-order valence-electron chi connectivity index (χ2n) is 5.99. The lowest BCUT2D eigenvalue weighted by atomic mass is 9.94. The second-order valence-corrected chi connectivity index (χ2v) is 6.88. The van der Waals surface area contributed by atoms with E-state index in [0.29, 0.717) is 22.1 Å². The topological polar surface area (TPSA) is 91.6 Å². The Morgan fingerprint density at radius 1 is 1.43 bits per heavy atom. The number of nitrogens with zero attached hydrogens (tertiary/aromatic N) is 2. The summed E-state index contributed by atoms with van der Waals surface area (Å²) in [6, 6.07) is 0. The van der Waals surface area contributed by atoms with Gasteiger partial charge in [0.2, 0.25) is 0 Å². The highest BCUT2D eigenvalue weighted by molar-refractivity contribution is 7.11. The molecule has 1 aliphatic rings. The summed E-state index contributed by atoms with van der Waals surface area (Å²) in [7, 11) is 2.76. The molecule has 0 bridgehead atoms. The molecule has 0 atom stereocenters. The molecule has 0 saturated heterocycles. The maximum absolute atomic E-state index is 15.3. The highest BCUT2D eigenvalue weighted by Gasteiger charge is 2.34. The van der Waals surface area contributed by atoms with Gasteiger partial charge in [0.1, 0.15) is 0 Å². The van der Waals surface area contributed by atoms with Crippen molar-refractivity contribution < 1.29 is 22.6 Å². The Labute approximate surface area is 164 Å². The van der Waals surface area contributed by atoms with Gasteiger partial charge in [-0.15, -0.1) is 11.3 Å². The number of nitrogens with one attached hydrogen (secondary N) is 3. The smallest absolute Gasteiger partial charge is 0.312 e. The fourth-order valence-electron chi connectivity index (χ4n) is 2.74. The highest BCUT2D eigenvalue weighted by Crippen LogP contribution is 2.28. The molecule has 154 valence electrons. The van der Waals surface area contributed by atoms with Crippen LogP contribution in [0.4, 0.5) is 13.2 Å². The van der Waals surface area contributed by atoms with Gasteiger partial charge in [-0.05, 0) is 0 Å². The van der Waals surface area contributed by atoms with Gasteiger partial charge in [-0.3, -0.25) is 4.99 Å². The quantitative estimate of drug-likeness (QED) is 0.380. The Kier molecular flexibility index (Phi) is 8.15. The summed E-state index contributed by atoms with van der Waals surface area (Å²) in [5.41, 5.74) is -0.853. The van der Waals surface area contributed by atoms with Crippen molar-refractivity contribution in [2.45, 2.75) is 18.6 Å². The van der Waals surface area contributed by atoms with Gasteiger partial charge in [-0.2, -0.15) is 8.78 Å². The van der Waals surface area contributed by atoms with E-state index in [1.165, 1.54) is 25.6 Å². The van der Waals surface area contributed by atoms with E-state index in [0.717, 1.165) is 12.4 Å². The van der Waals surface area contributed by atoms with E-state index in [-0.39, 0.29) is 31.8 Å². The van der Waals surface area contributed by atoms with Crippen molar-refractivity contribution in [1.29, 1.82) is 5.41 Å². The zero-order valence-electron chi connectivity index (χ0n) is 15.5. The van der Waals surface area contributed by atoms with E-state index in [1.807, 2.05) is 5.32 Å². The van der Waals surface area contributed by atoms with Crippen molar-refractivity contribution >= 4 is 23.4 Å². The molecule has 1 aromatic heterocycles. The van der Waals surface area contributed by atoms with Crippen molar-refractivity contribution in [2.24, 2.45) is 4.99 Å². The van der Waals surface area contributed by atoms with Gasteiger partial charge in [0.25, 0.3) is 0 Å². The van der Waals surface area contributed by atoms with Crippen LogP contribution in [-0.4, -0.2) is 63.2 Å². The fraction of sp³-hybridized carbons (Fsp3) is 0.471. The SMILES string of the molecule is COCC(F)(COC)CC1=C(/C(C=N)=C/NC(F)F)CN=C(c2nccs2)N1. The molecule has 3 N–H and O–H groups in total. The fourth-order valence-corrected chi connectivity index (χ4v) is 3.34. The molecular formula is C17H22F3N5O2S. The molecule has 1 aliphatic heterocycles. The average Bonchev–Trinajstić information content (AvgIpc) is 3.18. The number of methoxy groups -OCH3 is 2. The molecule has 0 spiro atoms. The van der Waals surface area contributed by atoms with Crippen LogP contribution in [0.5, 0.6) is 0 Å². The first kappa shape index (κ1) is 22.1. The van der Waals surface area contributed by atoms with E-state index in [2.05, 4.69) is 15.3 Å². The minimum atomic E-state index is -2.79. The maximum Gasteiger partial charge on any atom is 0.312 e. The first-order valence-corrected chi connectivity index (χ1v) is 9.15. The third-order valence-electron chi connectivity index (χ3n) is 3.83. The van der Waals surface area contributed by atoms with Gasteiger partial charge >= 0.3 is 6.55 Å². The van der Waals surface area contributed by atoms with Crippen LogP contribution in [0, 0.1) is 5.41 Å². The number of allylic oxidation sites excluding steroid dienone is 1. The number of halogens is 3.